The van der Waals surface area contributed by atoms with Crippen LogP contribution < -0.4 is 0 Å². The van der Waals surface area contributed by atoms with Gasteiger partial charge in [-0.3, -0.25) is 4.79 Å². The number of carbonyl (C=O) groups excluding carboxylic acids is 1. The molecule has 1 aromatic rings. The van der Waals surface area contributed by atoms with E-state index in [1.54, 1.807) is 0 Å². The van der Waals surface area contributed by atoms with Crippen molar-refractivity contribution in [3.05, 3.63) is 40.8 Å². The molecule has 3 nitrogen and oxygen atoms in total. The van der Waals surface area contributed by atoms with Crippen molar-refractivity contribution in [2.75, 3.05) is 13.1 Å². The van der Waals surface area contributed by atoms with Crippen LogP contribution in [0.5, 0.6) is 0 Å². The van der Waals surface area contributed by atoms with Gasteiger partial charge in [0.2, 0.25) is 0 Å². The maximum Gasteiger partial charge on any atom is 0.286 e. The van der Waals surface area contributed by atoms with Crippen molar-refractivity contribution in [2.45, 2.75) is 25.7 Å². The first-order chi connectivity index (χ1) is 9.83. The largest absolute Gasteiger partial charge is 0.351 e. The number of hydrogen-bond donors (Lipinski definition) is 0. The number of likely N-dealkylation sites (tertiary alicyclic amines) is 1. The molecule has 0 aliphatic carbocycles. The van der Waals surface area contributed by atoms with Gasteiger partial charge in [0, 0.05) is 13.1 Å². The number of aliphatic imine (C=N–C) groups is 1. The van der Waals surface area contributed by atoms with Gasteiger partial charge in [-0.25, -0.2) is 0 Å². The van der Waals surface area contributed by atoms with E-state index in [2.05, 4.69) is 9.89 Å². The molecule has 2 aliphatic heterocycles. The summed E-state index contributed by atoms with van der Waals surface area (Å²) in [5, 5.41) is 0.888. The van der Waals surface area contributed by atoms with Crippen LogP contribution in [0.4, 0.5) is 0 Å². The molecule has 0 saturated carbocycles. The highest BCUT2D eigenvalue weighted by Crippen LogP contribution is 2.31. The monoisotopic (exact) mass is 286 g/mol. The molecule has 0 radical (unpaired) electrons. The van der Waals surface area contributed by atoms with Crippen LogP contribution in [0.2, 0.25) is 0 Å². The normalized spacial score (nSPS) is 22.0. The van der Waals surface area contributed by atoms with Crippen LogP contribution in [0.15, 0.2) is 40.2 Å². The lowest BCUT2D eigenvalue weighted by molar-refractivity contribution is -0.113. The number of rotatable bonds is 1. The first-order valence-electron chi connectivity index (χ1n) is 7.15. The highest BCUT2D eigenvalue weighted by Gasteiger charge is 2.26. The average Bonchev–Trinajstić information content (AvgIpc) is 2.70. The molecule has 104 valence electrons. The van der Waals surface area contributed by atoms with Crippen LogP contribution in [0.3, 0.4) is 0 Å². The molecular formula is C16H18N2OS. The Morgan fingerprint density at radius 3 is 2.45 bits per heavy atom. The van der Waals surface area contributed by atoms with Gasteiger partial charge in [-0.2, -0.15) is 4.99 Å². The van der Waals surface area contributed by atoms with Gasteiger partial charge in [-0.1, -0.05) is 43.2 Å². The van der Waals surface area contributed by atoms with E-state index in [1.165, 1.54) is 37.4 Å². The fourth-order valence-electron chi connectivity index (χ4n) is 2.50. The molecule has 0 aromatic heterocycles. The number of hydrogen-bond acceptors (Lipinski definition) is 3. The number of nitrogens with zero attached hydrogens (tertiary/aromatic N) is 2. The van der Waals surface area contributed by atoms with E-state index in [9.17, 15) is 4.79 Å². The van der Waals surface area contributed by atoms with Gasteiger partial charge in [0.05, 0.1) is 4.91 Å². The predicted molar refractivity (Wildman–Crippen MR) is 84.5 cm³/mol. The van der Waals surface area contributed by atoms with E-state index >= 15 is 0 Å². The lowest BCUT2D eigenvalue weighted by Crippen LogP contribution is -2.28. The number of amidine groups is 1. The van der Waals surface area contributed by atoms with Crippen molar-refractivity contribution in [1.29, 1.82) is 0 Å². The second kappa shape index (κ2) is 6.27. The van der Waals surface area contributed by atoms with Crippen LogP contribution in [-0.4, -0.2) is 29.1 Å². The summed E-state index contributed by atoms with van der Waals surface area (Å²) in [7, 11) is 0. The highest BCUT2D eigenvalue weighted by atomic mass is 32.2. The van der Waals surface area contributed by atoms with Crippen LogP contribution in [0, 0.1) is 0 Å². The van der Waals surface area contributed by atoms with Crippen molar-refractivity contribution in [1.82, 2.24) is 4.90 Å². The maximum absolute atomic E-state index is 12.0. The van der Waals surface area contributed by atoms with Gasteiger partial charge in [0.1, 0.15) is 0 Å². The summed E-state index contributed by atoms with van der Waals surface area (Å²) < 4.78 is 0. The molecule has 0 bridgehead atoms. The zero-order chi connectivity index (χ0) is 13.8. The molecule has 1 fully saturated rings. The topological polar surface area (TPSA) is 32.7 Å². The number of thioether (sulfide) groups is 1. The maximum atomic E-state index is 12.0. The minimum Gasteiger partial charge on any atom is -0.351 e. The summed E-state index contributed by atoms with van der Waals surface area (Å²) in [5.74, 6) is -0.0990. The third-order valence-corrected chi connectivity index (χ3v) is 4.63. The fraction of sp³-hybridized carbons (Fsp3) is 0.375. The van der Waals surface area contributed by atoms with Gasteiger partial charge >= 0.3 is 0 Å². The second-order valence-corrected chi connectivity index (χ2v) is 6.13. The van der Waals surface area contributed by atoms with Crippen LogP contribution in [0.25, 0.3) is 6.08 Å². The molecule has 0 unspecified atom stereocenters. The van der Waals surface area contributed by atoms with Crippen LogP contribution >= 0.6 is 11.8 Å². The van der Waals surface area contributed by atoms with Crippen molar-refractivity contribution in [2.24, 2.45) is 4.99 Å². The van der Waals surface area contributed by atoms with E-state index in [1.807, 2.05) is 36.4 Å². The molecule has 3 rings (SSSR count). The van der Waals surface area contributed by atoms with E-state index in [-0.39, 0.29) is 5.91 Å². The van der Waals surface area contributed by atoms with E-state index in [0.29, 0.717) is 0 Å². The SMILES string of the molecule is O=C1N=C(N2CCCCCC2)S/C1=C/c1ccccc1. The zero-order valence-electron chi connectivity index (χ0n) is 11.4. The Morgan fingerprint density at radius 1 is 1.05 bits per heavy atom. The third kappa shape index (κ3) is 3.12. The van der Waals surface area contributed by atoms with Gasteiger partial charge in [-0.15, -0.1) is 0 Å². The minimum absolute atomic E-state index is 0.0990. The average molecular weight is 286 g/mol. The molecule has 2 heterocycles. The van der Waals surface area contributed by atoms with E-state index in [4.69, 9.17) is 0 Å². The van der Waals surface area contributed by atoms with Crippen LogP contribution in [0.1, 0.15) is 31.2 Å². The Labute approximate surface area is 123 Å². The molecule has 20 heavy (non-hydrogen) atoms. The Balaban J connectivity index is 1.73. The Bertz CT molecular complexity index is 543. The standard InChI is InChI=1S/C16H18N2OS/c19-15-14(12-13-8-4-3-5-9-13)20-16(17-15)18-10-6-1-2-7-11-18/h3-5,8-9,12H,1-2,6-7,10-11H2/b14-12+. The molecule has 4 heteroatoms. The molecule has 0 atom stereocenters. The van der Waals surface area contributed by atoms with Gasteiger partial charge < -0.3 is 4.90 Å². The summed E-state index contributed by atoms with van der Waals surface area (Å²) in [6.45, 7) is 2.05. The first kappa shape index (κ1) is 13.4. The summed E-state index contributed by atoms with van der Waals surface area (Å²) in [4.78, 5) is 19.2. The Hall–Kier alpha value is -1.55. The molecule has 1 aromatic carbocycles. The Kier molecular flexibility index (Phi) is 4.21. The summed E-state index contributed by atoms with van der Waals surface area (Å²) in [5.41, 5.74) is 1.05. The second-order valence-electron chi connectivity index (χ2n) is 5.12. The summed E-state index contributed by atoms with van der Waals surface area (Å²) >= 11 is 1.52. The predicted octanol–water partition coefficient (Wildman–Crippen LogP) is 3.53. The summed E-state index contributed by atoms with van der Waals surface area (Å²) in [6.07, 6.45) is 6.91. The van der Waals surface area contributed by atoms with Gasteiger partial charge in [-0.05, 0) is 36.2 Å². The number of benzene rings is 1. The Morgan fingerprint density at radius 2 is 1.75 bits per heavy atom. The van der Waals surface area contributed by atoms with Gasteiger partial charge in [0.25, 0.3) is 5.91 Å². The third-order valence-electron chi connectivity index (χ3n) is 3.58. The lowest BCUT2D eigenvalue weighted by Gasteiger charge is -2.20. The fourth-order valence-corrected chi connectivity index (χ4v) is 3.46. The molecular weight excluding hydrogens is 268 g/mol. The molecule has 1 amide bonds. The molecule has 0 spiro atoms. The zero-order valence-corrected chi connectivity index (χ0v) is 12.2. The smallest absolute Gasteiger partial charge is 0.286 e. The molecule has 0 N–H and O–H groups in total. The van der Waals surface area contributed by atoms with E-state index in [0.717, 1.165) is 28.7 Å². The quantitative estimate of drug-likeness (QED) is 0.740. The number of amides is 1. The first-order valence-corrected chi connectivity index (χ1v) is 7.97. The van der Waals surface area contributed by atoms with Crippen molar-refractivity contribution in [3.63, 3.8) is 0 Å². The van der Waals surface area contributed by atoms with Crippen molar-refractivity contribution in [3.8, 4) is 0 Å². The molecule has 1 saturated heterocycles. The number of carbonyl (C=O) groups is 1. The summed E-state index contributed by atoms with van der Waals surface area (Å²) in [6, 6.07) is 9.94. The highest BCUT2D eigenvalue weighted by molar-refractivity contribution is 8.18. The van der Waals surface area contributed by atoms with Crippen molar-refractivity contribution >= 4 is 28.9 Å². The van der Waals surface area contributed by atoms with E-state index < -0.39 is 0 Å². The lowest BCUT2D eigenvalue weighted by atomic mass is 10.2. The minimum atomic E-state index is -0.0990. The van der Waals surface area contributed by atoms with Crippen LogP contribution in [-0.2, 0) is 4.79 Å². The van der Waals surface area contributed by atoms with Crippen molar-refractivity contribution < 1.29 is 4.79 Å². The van der Waals surface area contributed by atoms with Gasteiger partial charge in [0.15, 0.2) is 5.17 Å². The molecule has 2 aliphatic rings.